The summed E-state index contributed by atoms with van der Waals surface area (Å²) in [5, 5.41) is 9.09. The summed E-state index contributed by atoms with van der Waals surface area (Å²) in [4.78, 5) is 22.8. The highest BCUT2D eigenvalue weighted by Gasteiger charge is 2.45. The van der Waals surface area contributed by atoms with E-state index in [1.807, 2.05) is 0 Å². The number of carbonyl (C=O) groups is 2. The molecule has 0 fully saturated rings. The summed E-state index contributed by atoms with van der Waals surface area (Å²) in [5.41, 5.74) is 0.549. The number of amides is 1. The van der Waals surface area contributed by atoms with Gasteiger partial charge in [-0.05, 0) is 12.5 Å². The Hall–Kier alpha value is -2.05. The van der Waals surface area contributed by atoms with Crippen molar-refractivity contribution >= 4 is 11.9 Å². The maximum atomic E-state index is 12.5. The maximum absolute atomic E-state index is 12.5. The zero-order valence-electron chi connectivity index (χ0n) is 10.7. The van der Waals surface area contributed by atoms with E-state index in [1.54, 1.807) is 30.3 Å². The minimum absolute atomic E-state index is 0.175. The van der Waals surface area contributed by atoms with E-state index >= 15 is 0 Å². The van der Waals surface area contributed by atoms with Gasteiger partial charge >= 0.3 is 18.1 Å². The first-order valence-electron chi connectivity index (χ1n) is 5.92. The molecule has 1 rings (SSSR count). The van der Waals surface area contributed by atoms with Gasteiger partial charge in [-0.2, -0.15) is 13.2 Å². The molecule has 0 unspecified atom stereocenters. The number of alkyl halides is 3. The average Bonchev–Trinajstić information content (AvgIpc) is 2.38. The fourth-order valence-electron chi connectivity index (χ4n) is 1.84. The van der Waals surface area contributed by atoms with E-state index in [0.29, 0.717) is 10.5 Å². The van der Waals surface area contributed by atoms with Crippen molar-refractivity contribution in [2.75, 3.05) is 6.54 Å². The van der Waals surface area contributed by atoms with Crippen LogP contribution in [0.15, 0.2) is 30.3 Å². The predicted octanol–water partition coefficient (Wildman–Crippen LogP) is 2.09. The number of carboxylic acids is 1. The van der Waals surface area contributed by atoms with Crippen LogP contribution in [-0.2, 0) is 16.0 Å². The Balaban J connectivity index is 3.00. The summed E-state index contributed by atoms with van der Waals surface area (Å²) in [6.07, 6.45) is -5.26. The molecule has 1 amide bonds. The van der Waals surface area contributed by atoms with Crippen LogP contribution in [0, 0.1) is 0 Å². The van der Waals surface area contributed by atoms with Crippen LogP contribution in [0.5, 0.6) is 0 Å². The largest absolute Gasteiger partial charge is 0.480 e. The topological polar surface area (TPSA) is 57.6 Å². The number of halogens is 3. The third kappa shape index (κ3) is 3.97. The first-order chi connectivity index (χ1) is 9.27. The lowest BCUT2D eigenvalue weighted by molar-refractivity contribution is -0.189. The van der Waals surface area contributed by atoms with Crippen LogP contribution in [0.2, 0.25) is 0 Å². The zero-order chi connectivity index (χ0) is 15.3. The fourth-order valence-corrected chi connectivity index (χ4v) is 1.84. The van der Waals surface area contributed by atoms with Gasteiger partial charge in [0.1, 0.15) is 6.04 Å². The molecule has 0 saturated carbocycles. The third-order valence-electron chi connectivity index (χ3n) is 2.78. The van der Waals surface area contributed by atoms with Crippen molar-refractivity contribution in [3.63, 3.8) is 0 Å². The van der Waals surface area contributed by atoms with Crippen LogP contribution in [0.25, 0.3) is 0 Å². The molecule has 0 aliphatic carbocycles. The molecule has 1 N–H and O–H groups in total. The van der Waals surface area contributed by atoms with E-state index in [9.17, 15) is 22.8 Å². The number of rotatable bonds is 5. The summed E-state index contributed by atoms with van der Waals surface area (Å²) >= 11 is 0. The normalized spacial score (nSPS) is 12.8. The van der Waals surface area contributed by atoms with Gasteiger partial charge in [-0.1, -0.05) is 30.3 Å². The number of nitrogens with zero attached hydrogens (tertiary/aromatic N) is 1. The van der Waals surface area contributed by atoms with Crippen molar-refractivity contribution in [1.29, 1.82) is 0 Å². The summed E-state index contributed by atoms with van der Waals surface area (Å²) in [7, 11) is 0. The van der Waals surface area contributed by atoms with Gasteiger partial charge in [0.15, 0.2) is 0 Å². The predicted molar refractivity (Wildman–Crippen MR) is 65.0 cm³/mol. The number of aliphatic carboxylic acids is 1. The van der Waals surface area contributed by atoms with Gasteiger partial charge in [-0.15, -0.1) is 0 Å². The Bertz CT molecular complexity index is 473. The average molecular weight is 289 g/mol. The lowest BCUT2D eigenvalue weighted by Crippen LogP contribution is -2.51. The molecule has 0 aliphatic rings. The second-order valence-corrected chi connectivity index (χ2v) is 4.13. The zero-order valence-corrected chi connectivity index (χ0v) is 10.7. The molecule has 0 aliphatic heterocycles. The lowest BCUT2D eigenvalue weighted by Gasteiger charge is -2.28. The minimum Gasteiger partial charge on any atom is -0.480 e. The number of hydrogen-bond acceptors (Lipinski definition) is 2. The van der Waals surface area contributed by atoms with E-state index < -0.39 is 24.1 Å². The Labute approximate surface area is 113 Å². The number of benzene rings is 1. The van der Waals surface area contributed by atoms with Crippen molar-refractivity contribution in [3.05, 3.63) is 35.9 Å². The monoisotopic (exact) mass is 289 g/mol. The molecule has 0 radical (unpaired) electrons. The van der Waals surface area contributed by atoms with Crippen molar-refractivity contribution in [2.45, 2.75) is 25.6 Å². The van der Waals surface area contributed by atoms with Gasteiger partial charge < -0.3 is 10.0 Å². The second-order valence-electron chi connectivity index (χ2n) is 4.13. The number of likely N-dealkylation sites (N-methyl/N-ethyl adjacent to an activating group) is 1. The molecule has 0 heterocycles. The number of carbonyl (C=O) groups excluding carboxylic acids is 1. The highest BCUT2D eigenvalue weighted by atomic mass is 19.4. The SMILES string of the molecule is CCN(C(=O)C(F)(F)F)[C@@H](Cc1ccccc1)C(=O)O. The molecule has 4 nitrogen and oxygen atoms in total. The van der Waals surface area contributed by atoms with Crippen LogP contribution in [-0.4, -0.2) is 40.6 Å². The first-order valence-corrected chi connectivity index (χ1v) is 5.92. The van der Waals surface area contributed by atoms with Gasteiger partial charge in [0.2, 0.25) is 0 Å². The molecule has 110 valence electrons. The molecule has 1 aromatic carbocycles. The highest BCUT2D eigenvalue weighted by Crippen LogP contribution is 2.21. The fraction of sp³-hybridized carbons (Fsp3) is 0.385. The van der Waals surface area contributed by atoms with Gasteiger partial charge in [-0.3, -0.25) is 4.79 Å². The molecule has 1 aromatic rings. The van der Waals surface area contributed by atoms with Gasteiger partial charge in [0.25, 0.3) is 0 Å². The summed E-state index contributed by atoms with van der Waals surface area (Å²) < 4.78 is 37.4. The van der Waals surface area contributed by atoms with E-state index in [2.05, 4.69) is 0 Å². The molecule has 0 saturated heterocycles. The van der Waals surface area contributed by atoms with E-state index in [-0.39, 0.29) is 13.0 Å². The Morgan fingerprint density at radius 2 is 1.80 bits per heavy atom. The molecule has 1 atom stereocenters. The highest BCUT2D eigenvalue weighted by molar-refractivity contribution is 5.87. The first kappa shape index (κ1) is 16.0. The van der Waals surface area contributed by atoms with Crippen LogP contribution in [0.1, 0.15) is 12.5 Å². The Morgan fingerprint density at radius 1 is 1.25 bits per heavy atom. The molecule has 20 heavy (non-hydrogen) atoms. The lowest BCUT2D eigenvalue weighted by atomic mass is 10.0. The molecule has 7 heteroatoms. The molecule has 0 aromatic heterocycles. The van der Waals surface area contributed by atoms with E-state index in [0.717, 1.165) is 0 Å². The molecule has 0 bridgehead atoms. The number of carboxylic acid groups (broad SMARTS) is 1. The van der Waals surface area contributed by atoms with Crippen molar-refractivity contribution < 1.29 is 27.9 Å². The van der Waals surface area contributed by atoms with Gasteiger partial charge in [-0.25, -0.2) is 4.79 Å². The summed E-state index contributed by atoms with van der Waals surface area (Å²) in [5.74, 6) is -3.60. The quantitative estimate of drug-likeness (QED) is 0.903. The summed E-state index contributed by atoms with van der Waals surface area (Å²) in [6, 6.07) is 6.66. The van der Waals surface area contributed by atoms with Crippen LogP contribution < -0.4 is 0 Å². The van der Waals surface area contributed by atoms with Crippen molar-refractivity contribution in [2.24, 2.45) is 0 Å². The second kappa shape index (κ2) is 6.40. The third-order valence-corrected chi connectivity index (χ3v) is 2.78. The maximum Gasteiger partial charge on any atom is 0.471 e. The van der Waals surface area contributed by atoms with E-state index in [1.165, 1.54) is 6.92 Å². The number of hydrogen-bond donors (Lipinski definition) is 1. The molecular formula is C13H14F3NO3. The van der Waals surface area contributed by atoms with Crippen LogP contribution in [0.4, 0.5) is 13.2 Å². The molecular weight excluding hydrogens is 275 g/mol. The van der Waals surface area contributed by atoms with E-state index in [4.69, 9.17) is 5.11 Å². The minimum atomic E-state index is -5.08. The Kier molecular flexibility index (Phi) is 5.12. The van der Waals surface area contributed by atoms with Crippen molar-refractivity contribution in [3.8, 4) is 0 Å². The van der Waals surface area contributed by atoms with Gasteiger partial charge in [0, 0.05) is 13.0 Å². The smallest absolute Gasteiger partial charge is 0.471 e. The molecule has 0 spiro atoms. The van der Waals surface area contributed by atoms with Crippen molar-refractivity contribution in [1.82, 2.24) is 4.90 Å². The standard InChI is InChI=1S/C13H14F3NO3/c1-2-17(12(20)13(14,15)16)10(11(18)19)8-9-6-4-3-5-7-9/h3-7,10H,2,8H2,1H3,(H,18,19)/t10-/m0/s1. The summed E-state index contributed by atoms with van der Waals surface area (Å²) in [6.45, 7) is 0.979. The Morgan fingerprint density at radius 3 is 2.20 bits per heavy atom. The van der Waals surface area contributed by atoms with Gasteiger partial charge in [0.05, 0.1) is 0 Å². The van der Waals surface area contributed by atoms with Crippen LogP contribution >= 0.6 is 0 Å². The van der Waals surface area contributed by atoms with Crippen LogP contribution in [0.3, 0.4) is 0 Å².